The highest BCUT2D eigenvalue weighted by Gasteiger charge is 2.16. The van der Waals surface area contributed by atoms with Gasteiger partial charge in [-0.25, -0.2) is 0 Å². The second-order valence-electron chi connectivity index (χ2n) is 6.58. The third kappa shape index (κ3) is 5.03. The van der Waals surface area contributed by atoms with E-state index in [1.54, 1.807) is 0 Å². The fraction of sp³-hybridized carbons (Fsp3) is 0.526. The Kier molecular flexibility index (Phi) is 7.14. The standard InChI is InChI=1S/C19H27N5O2S/c1-2-3-9-24-16-7-5-4-6-15(16)17(18(24)25)21-22-19(27)20-8-10-23-11-13-26-14-12-23/h4-7,25H,2-3,8-14H2,1H3,(H,20,27). The van der Waals surface area contributed by atoms with Gasteiger partial charge in [0.25, 0.3) is 0 Å². The predicted molar refractivity (Wildman–Crippen MR) is 111 cm³/mol. The number of aryl methyl sites for hydroxylation is 1. The number of rotatable bonds is 7. The summed E-state index contributed by atoms with van der Waals surface area (Å²) in [6.45, 7) is 7.94. The van der Waals surface area contributed by atoms with Crippen molar-refractivity contribution in [2.75, 3.05) is 39.4 Å². The number of thiocarbonyl (C=S) groups is 1. The smallest absolute Gasteiger partial charge is 0.220 e. The molecule has 1 saturated heterocycles. The van der Waals surface area contributed by atoms with Gasteiger partial charge in [0, 0.05) is 38.1 Å². The van der Waals surface area contributed by atoms with Crippen molar-refractivity contribution in [2.45, 2.75) is 26.3 Å². The van der Waals surface area contributed by atoms with Crippen LogP contribution in [0.5, 0.6) is 5.88 Å². The molecule has 1 aromatic heterocycles. The molecule has 0 unspecified atom stereocenters. The van der Waals surface area contributed by atoms with E-state index in [4.69, 9.17) is 17.0 Å². The maximum absolute atomic E-state index is 10.6. The first kappa shape index (κ1) is 19.7. The lowest BCUT2D eigenvalue weighted by Crippen LogP contribution is -2.40. The van der Waals surface area contributed by atoms with Gasteiger partial charge >= 0.3 is 0 Å². The fourth-order valence-corrected chi connectivity index (χ4v) is 3.33. The molecule has 2 N–H and O–H groups in total. The number of azo groups is 1. The summed E-state index contributed by atoms with van der Waals surface area (Å²) >= 11 is 5.26. The summed E-state index contributed by atoms with van der Waals surface area (Å²) in [5.41, 5.74) is 1.43. The molecule has 0 spiro atoms. The van der Waals surface area contributed by atoms with Crippen LogP contribution in [0.25, 0.3) is 10.9 Å². The highest BCUT2D eigenvalue weighted by molar-refractivity contribution is 7.80. The number of unbranched alkanes of at least 4 members (excludes halogenated alkanes) is 1. The lowest BCUT2D eigenvalue weighted by Gasteiger charge is -2.26. The van der Waals surface area contributed by atoms with Crippen molar-refractivity contribution >= 4 is 33.9 Å². The van der Waals surface area contributed by atoms with E-state index in [1.165, 1.54) is 0 Å². The van der Waals surface area contributed by atoms with Crippen LogP contribution in [0.15, 0.2) is 34.5 Å². The summed E-state index contributed by atoms with van der Waals surface area (Å²) in [5.74, 6) is 0.143. The van der Waals surface area contributed by atoms with Crippen LogP contribution < -0.4 is 5.32 Å². The molecule has 146 valence electrons. The predicted octanol–water partition coefficient (Wildman–Crippen LogP) is 3.44. The monoisotopic (exact) mass is 389 g/mol. The molecule has 2 aromatic rings. The first-order valence-electron chi connectivity index (χ1n) is 9.50. The van der Waals surface area contributed by atoms with Crippen LogP contribution in [0.2, 0.25) is 0 Å². The molecule has 0 aliphatic carbocycles. The van der Waals surface area contributed by atoms with Gasteiger partial charge < -0.3 is 19.7 Å². The van der Waals surface area contributed by atoms with Crippen LogP contribution in [0.4, 0.5) is 5.69 Å². The first-order valence-corrected chi connectivity index (χ1v) is 9.91. The highest BCUT2D eigenvalue weighted by Crippen LogP contribution is 2.38. The molecule has 0 radical (unpaired) electrons. The van der Waals surface area contributed by atoms with Crippen LogP contribution >= 0.6 is 12.2 Å². The zero-order chi connectivity index (χ0) is 19.1. The molecule has 1 aromatic carbocycles. The molecule has 0 saturated carbocycles. The summed E-state index contributed by atoms with van der Waals surface area (Å²) in [7, 11) is 0. The second kappa shape index (κ2) is 9.77. The number of ether oxygens (including phenoxy) is 1. The number of nitrogens with one attached hydrogen (secondary N) is 1. The Morgan fingerprint density at radius 2 is 2.04 bits per heavy atom. The van der Waals surface area contributed by atoms with E-state index in [1.807, 2.05) is 28.8 Å². The number of hydrogen-bond acceptors (Lipinski definition) is 5. The van der Waals surface area contributed by atoms with Gasteiger partial charge in [0.15, 0.2) is 5.69 Å². The summed E-state index contributed by atoms with van der Waals surface area (Å²) < 4.78 is 7.23. The normalized spacial score (nSPS) is 15.6. The van der Waals surface area contributed by atoms with Crippen molar-refractivity contribution in [1.29, 1.82) is 0 Å². The highest BCUT2D eigenvalue weighted by atomic mass is 32.1. The molecule has 0 amide bonds. The average Bonchev–Trinajstić information content (AvgIpc) is 2.96. The van der Waals surface area contributed by atoms with Crippen molar-refractivity contribution in [1.82, 2.24) is 14.8 Å². The van der Waals surface area contributed by atoms with Crippen molar-refractivity contribution in [3.8, 4) is 5.88 Å². The maximum atomic E-state index is 10.6. The van der Waals surface area contributed by atoms with Gasteiger partial charge in [0.05, 0.1) is 18.7 Å². The zero-order valence-corrected chi connectivity index (χ0v) is 16.5. The number of aromatic nitrogens is 1. The minimum atomic E-state index is 0.143. The Bertz CT molecular complexity index is 799. The van der Waals surface area contributed by atoms with E-state index < -0.39 is 0 Å². The molecule has 1 fully saturated rings. The molecule has 0 bridgehead atoms. The van der Waals surface area contributed by atoms with Crippen molar-refractivity contribution in [2.24, 2.45) is 10.2 Å². The lowest BCUT2D eigenvalue weighted by atomic mass is 10.2. The van der Waals surface area contributed by atoms with Crippen LogP contribution in [0, 0.1) is 0 Å². The minimum absolute atomic E-state index is 0.143. The number of fused-ring (bicyclic) bond motifs is 1. The van der Waals surface area contributed by atoms with Crippen LogP contribution in [-0.2, 0) is 11.3 Å². The number of nitrogens with zero attached hydrogens (tertiary/aromatic N) is 4. The Morgan fingerprint density at radius 1 is 1.26 bits per heavy atom. The van der Waals surface area contributed by atoms with Crippen LogP contribution in [-0.4, -0.2) is 59.1 Å². The van der Waals surface area contributed by atoms with Gasteiger partial charge in [-0.1, -0.05) is 31.5 Å². The topological polar surface area (TPSA) is 74.4 Å². The van der Waals surface area contributed by atoms with Crippen LogP contribution in [0.1, 0.15) is 19.8 Å². The van der Waals surface area contributed by atoms with E-state index in [2.05, 4.69) is 27.4 Å². The maximum Gasteiger partial charge on any atom is 0.220 e. The first-order chi connectivity index (χ1) is 13.2. The quantitative estimate of drug-likeness (QED) is 0.560. The van der Waals surface area contributed by atoms with Gasteiger partial charge in [-0.2, -0.15) is 0 Å². The second-order valence-corrected chi connectivity index (χ2v) is 6.97. The van der Waals surface area contributed by atoms with Gasteiger partial charge in [-0.3, -0.25) is 4.90 Å². The van der Waals surface area contributed by atoms with Gasteiger partial charge in [0.1, 0.15) is 0 Å². The summed E-state index contributed by atoms with van der Waals surface area (Å²) in [5, 5.41) is 23.3. The summed E-state index contributed by atoms with van der Waals surface area (Å²) in [6, 6.07) is 7.83. The summed E-state index contributed by atoms with van der Waals surface area (Å²) in [6.07, 6.45) is 2.05. The molecule has 27 heavy (non-hydrogen) atoms. The summed E-state index contributed by atoms with van der Waals surface area (Å²) in [4.78, 5) is 2.32. The lowest BCUT2D eigenvalue weighted by molar-refractivity contribution is 0.0389. The molecule has 3 rings (SSSR count). The third-order valence-corrected chi connectivity index (χ3v) is 4.93. The Morgan fingerprint density at radius 3 is 2.81 bits per heavy atom. The van der Waals surface area contributed by atoms with Crippen molar-refractivity contribution in [3.05, 3.63) is 24.3 Å². The van der Waals surface area contributed by atoms with E-state index >= 15 is 0 Å². The molecule has 1 aliphatic rings. The Hall–Kier alpha value is -2.03. The molecular formula is C19H27N5O2S. The average molecular weight is 390 g/mol. The molecule has 8 heteroatoms. The van der Waals surface area contributed by atoms with Crippen LogP contribution in [0.3, 0.4) is 0 Å². The Balaban J connectivity index is 1.64. The van der Waals surface area contributed by atoms with E-state index in [0.29, 0.717) is 17.3 Å². The number of hydrogen-bond donors (Lipinski definition) is 2. The van der Waals surface area contributed by atoms with E-state index in [0.717, 1.165) is 63.1 Å². The Labute approximate surface area is 165 Å². The van der Waals surface area contributed by atoms with Gasteiger partial charge in [-0.15, -0.1) is 10.2 Å². The minimum Gasteiger partial charge on any atom is -0.493 e. The number of benzene rings is 1. The largest absolute Gasteiger partial charge is 0.493 e. The number of para-hydroxylation sites is 1. The zero-order valence-electron chi connectivity index (χ0n) is 15.7. The SMILES string of the molecule is CCCCn1c(O)c(N=NC(=S)NCCN2CCOCC2)c2ccccc21. The van der Waals surface area contributed by atoms with E-state index in [9.17, 15) is 5.11 Å². The third-order valence-electron chi connectivity index (χ3n) is 4.70. The van der Waals surface area contributed by atoms with Gasteiger partial charge in [0.2, 0.25) is 11.0 Å². The molecule has 1 aliphatic heterocycles. The van der Waals surface area contributed by atoms with Crippen molar-refractivity contribution < 1.29 is 9.84 Å². The molecule has 2 heterocycles. The van der Waals surface area contributed by atoms with Gasteiger partial charge in [-0.05, 0) is 24.7 Å². The molecule has 0 atom stereocenters. The fourth-order valence-electron chi connectivity index (χ4n) is 3.19. The number of morpholine rings is 1. The number of aromatic hydroxyl groups is 1. The molecular weight excluding hydrogens is 362 g/mol. The van der Waals surface area contributed by atoms with E-state index in [-0.39, 0.29) is 5.88 Å². The van der Waals surface area contributed by atoms with Crippen molar-refractivity contribution in [3.63, 3.8) is 0 Å². The molecule has 7 nitrogen and oxygen atoms in total.